The van der Waals surface area contributed by atoms with Crippen molar-refractivity contribution in [2.75, 3.05) is 0 Å². The monoisotopic (exact) mass is 659 g/mol. The Bertz CT molecular complexity index is 2690. The first-order valence-electron chi connectivity index (χ1n) is 16.6. The summed E-state index contributed by atoms with van der Waals surface area (Å²) in [6.45, 7) is 0. The maximum Gasteiger partial charge on any atom is 0.236 e. The van der Waals surface area contributed by atoms with Gasteiger partial charge in [0.05, 0.1) is 11.4 Å². The molecule has 0 spiro atoms. The molecule has 2 aliphatic heterocycles. The molecule has 9 rings (SSSR count). The van der Waals surface area contributed by atoms with Gasteiger partial charge in [0, 0.05) is 44.3 Å². The lowest BCUT2D eigenvalue weighted by Crippen LogP contribution is -2.10. The Morgan fingerprint density at radius 2 is 0.784 bits per heavy atom. The van der Waals surface area contributed by atoms with Crippen molar-refractivity contribution in [3.63, 3.8) is 0 Å². The predicted octanol–water partition coefficient (Wildman–Crippen LogP) is 10.2. The topological polar surface area (TPSA) is 107 Å². The van der Waals surface area contributed by atoms with Crippen LogP contribution in [0.1, 0.15) is 27.6 Å². The number of oxime groups is 1. The average Bonchev–Trinajstić information content (AvgIpc) is 4.01. The fraction of sp³-hybridized carbons (Fsp3) is 0. The van der Waals surface area contributed by atoms with Crippen LogP contribution in [0, 0.1) is 0 Å². The third-order valence-corrected chi connectivity index (χ3v) is 9.30. The molecule has 8 bridgehead atoms. The number of carbonyl (C=O) groups is 1. The van der Waals surface area contributed by atoms with Crippen LogP contribution in [0.3, 0.4) is 0 Å². The quantitative estimate of drug-likeness (QED) is 0.129. The van der Waals surface area contributed by atoms with Crippen molar-refractivity contribution in [3.05, 3.63) is 168 Å². The third-order valence-electron chi connectivity index (χ3n) is 9.30. The minimum Gasteiger partial charge on any atom is -0.410 e. The number of hydrogen-bond acceptors (Lipinski definition) is 5. The smallest absolute Gasteiger partial charge is 0.236 e. The van der Waals surface area contributed by atoms with Gasteiger partial charge in [-0.2, -0.15) is 0 Å². The molecule has 7 nitrogen and oxygen atoms in total. The van der Waals surface area contributed by atoms with Gasteiger partial charge in [-0.3, -0.25) is 4.79 Å². The van der Waals surface area contributed by atoms with Crippen LogP contribution in [0.25, 0.3) is 78.7 Å². The van der Waals surface area contributed by atoms with Gasteiger partial charge in [-0.15, -0.1) is 0 Å². The van der Waals surface area contributed by atoms with Crippen molar-refractivity contribution in [2.45, 2.75) is 0 Å². The van der Waals surface area contributed by atoms with E-state index in [-0.39, 0.29) is 17.1 Å². The van der Waals surface area contributed by atoms with Crippen molar-refractivity contribution in [1.82, 2.24) is 19.9 Å². The first-order valence-corrected chi connectivity index (χ1v) is 16.6. The van der Waals surface area contributed by atoms with Crippen LogP contribution < -0.4 is 0 Å². The highest BCUT2D eigenvalue weighted by Gasteiger charge is 2.33. The van der Waals surface area contributed by atoms with Crippen LogP contribution in [-0.4, -0.2) is 36.6 Å². The van der Waals surface area contributed by atoms with Crippen molar-refractivity contribution in [3.8, 4) is 44.5 Å². The van der Waals surface area contributed by atoms with Crippen LogP contribution in [-0.2, 0) is 0 Å². The number of nitrogens with one attached hydrogen (secondary N) is 2. The van der Waals surface area contributed by atoms with Gasteiger partial charge in [-0.05, 0) is 58.7 Å². The predicted molar refractivity (Wildman–Crippen MR) is 204 cm³/mol. The molecule has 4 aromatic carbocycles. The van der Waals surface area contributed by atoms with Crippen molar-refractivity contribution < 1.29 is 10.0 Å². The Hall–Kier alpha value is -7.12. The number of H-pyrrole nitrogens is 2. The highest BCUT2D eigenvalue weighted by atomic mass is 16.4. The van der Waals surface area contributed by atoms with E-state index in [1.807, 2.05) is 121 Å². The van der Waals surface area contributed by atoms with E-state index in [2.05, 4.69) is 51.5 Å². The molecule has 242 valence electrons. The molecule has 3 N–H and O–H groups in total. The van der Waals surface area contributed by atoms with Crippen molar-refractivity contribution in [2.24, 2.45) is 5.16 Å². The minimum absolute atomic E-state index is 0.129. The van der Waals surface area contributed by atoms with E-state index in [1.54, 1.807) is 0 Å². The number of Topliss-reactive ketones (excluding diaryl/α,β-unsaturated/α-hetero) is 1. The summed E-state index contributed by atoms with van der Waals surface area (Å²) >= 11 is 0. The zero-order chi connectivity index (χ0) is 34.3. The van der Waals surface area contributed by atoms with Crippen LogP contribution in [0.5, 0.6) is 0 Å². The van der Waals surface area contributed by atoms with Gasteiger partial charge in [-0.25, -0.2) is 9.97 Å². The number of hydrogen-bond donors (Lipinski definition) is 3. The molecule has 0 fully saturated rings. The molecule has 0 amide bonds. The summed E-state index contributed by atoms with van der Waals surface area (Å²) in [5.74, 6) is -0.474. The van der Waals surface area contributed by atoms with E-state index in [1.165, 1.54) is 0 Å². The second-order valence-corrected chi connectivity index (χ2v) is 12.3. The van der Waals surface area contributed by atoms with E-state index >= 15 is 0 Å². The number of rotatable bonds is 4. The van der Waals surface area contributed by atoms with Crippen LogP contribution >= 0.6 is 0 Å². The maximum atomic E-state index is 14.4. The lowest BCUT2D eigenvalue weighted by molar-refractivity contribution is 0.106. The summed E-state index contributed by atoms with van der Waals surface area (Å²) in [6.07, 6.45) is 4.12. The molecule has 7 heteroatoms. The van der Waals surface area contributed by atoms with Crippen LogP contribution in [0.4, 0.5) is 0 Å². The molecular formula is C44H29N5O2. The summed E-state index contributed by atoms with van der Waals surface area (Å²) in [6, 6.07) is 47.7. The van der Waals surface area contributed by atoms with Crippen molar-refractivity contribution in [1.29, 1.82) is 0 Å². The van der Waals surface area contributed by atoms with Crippen LogP contribution in [0.2, 0.25) is 0 Å². The van der Waals surface area contributed by atoms with E-state index in [0.717, 1.165) is 55.8 Å². The Balaban J connectivity index is 1.53. The van der Waals surface area contributed by atoms with Gasteiger partial charge in [0.25, 0.3) is 0 Å². The number of aromatic amines is 2. The van der Waals surface area contributed by atoms with Gasteiger partial charge in [-0.1, -0.05) is 126 Å². The Morgan fingerprint density at radius 1 is 0.431 bits per heavy atom. The third kappa shape index (κ3) is 5.16. The zero-order valence-electron chi connectivity index (χ0n) is 27.2. The lowest BCUT2D eigenvalue weighted by atomic mass is 9.99. The standard InChI is InChI=1S/C44H29N5O2/c50-44-42-40(30-19-11-4-12-20-30)36-26-24-34(47-36)38(28-15-7-2-8-16-28)32-22-21-31(45-32)37(27-13-5-1-6-14-27)33-23-25-35(46-33)39(29-17-9-3-10-18-29)41(48-42)43(44)49-51/h1-26,46-47,51H/b37-31?,37-33?,38-32?,38-34?,39-35?,40-36?,41-39?,42-40?,49-43-. The van der Waals surface area contributed by atoms with Crippen LogP contribution in [0.15, 0.2) is 151 Å². The Kier molecular flexibility index (Phi) is 7.29. The van der Waals surface area contributed by atoms with Gasteiger partial charge in [0.1, 0.15) is 11.4 Å². The van der Waals surface area contributed by atoms with E-state index in [9.17, 15) is 10.0 Å². The number of carbonyl (C=O) groups excluding carboxylic acids is 1. The Morgan fingerprint density at radius 3 is 1.18 bits per heavy atom. The first-order chi connectivity index (χ1) is 25.2. The molecule has 7 aromatic rings. The summed E-state index contributed by atoms with van der Waals surface area (Å²) in [4.78, 5) is 32.0. The largest absolute Gasteiger partial charge is 0.410 e. The van der Waals surface area contributed by atoms with Gasteiger partial charge >= 0.3 is 0 Å². The number of nitrogens with zero attached hydrogens (tertiary/aromatic N) is 3. The SMILES string of the molecule is O=C1/C(=N\O)c2nc1c(-c1ccccc1)c1ccc([nH]1)c(-c1ccccc1)c1nc(c(-c3ccccc3)c3ccc([nH]3)c2-c2ccccc2)C=C1. The van der Waals surface area contributed by atoms with Crippen molar-refractivity contribution >= 4 is 45.7 Å². The number of aromatic nitrogens is 4. The second-order valence-electron chi connectivity index (χ2n) is 12.3. The van der Waals surface area contributed by atoms with E-state index < -0.39 is 5.78 Å². The van der Waals surface area contributed by atoms with Gasteiger partial charge in [0.2, 0.25) is 5.78 Å². The molecule has 0 unspecified atom stereocenters. The molecule has 0 saturated heterocycles. The first kappa shape index (κ1) is 30.0. The number of ketones is 1. The number of benzene rings is 4. The average molecular weight is 660 g/mol. The molecule has 0 radical (unpaired) electrons. The van der Waals surface area contributed by atoms with E-state index in [0.29, 0.717) is 22.2 Å². The molecule has 5 heterocycles. The molecule has 3 aromatic heterocycles. The Labute approximate surface area is 293 Å². The molecular weight excluding hydrogens is 631 g/mol. The second kappa shape index (κ2) is 12.4. The van der Waals surface area contributed by atoms with Gasteiger partial charge < -0.3 is 15.2 Å². The highest BCUT2D eigenvalue weighted by molar-refractivity contribution is 6.54. The molecule has 0 saturated carbocycles. The normalized spacial score (nSPS) is 13.2. The molecule has 0 atom stereocenters. The highest BCUT2D eigenvalue weighted by Crippen LogP contribution is 2.38. The van der Waals surface area contributed by atoms with E-state index in [4.69, 9.17) is 9.97 Å². The summed E-state index contributed by atoms with van der Waals surface area (Å²) < 4.78 is 0. The summed E-state index contributed by atoms with van der Waals surface area (Å²) in [7, 11) is 0. The maximum absolute atomic E-state index is 14.4. The fourth-order valence-corrected chi connectivity index (χ4v) is 7.03. The zero-order valence-corrected chi connectivity index (χ0v) is 27.2. The lowest BCUT2D eigenvalue weighted by Gasteiger charge is -2.06. The molecule has 51 heavy (non-hydrogen) atoms. The molecule has 2 aliphatic rings. The summed E-state index contributed by atoms with van der Waals surface area (Å²) in [5, 5.41) is 14.0. The summed E-state index contributed by atoms with van der Waals surface area (Å²) in [5.41, 5.74) is 11.6. The minimum atomic E-state index is -0.474. The molecule has 0 aliphatic carbocycles. The fourth-order valence-electron chi connectivity index (χ4n) is 7.03. The van der Waals surface area contributed by atoms with Gasteiger partial charge in [0.15, 0.2) is 5.71 Å². The number of fused-ring (bicyclic) bond motifs is 8.